The zero-order valence-corrected chi connectivity index (χ0v) is 12.0. The molecule has 0 aromatic heterocycles. The number of nitrogens with zero attached hydrogens (tertiary/aromatic N) is 1. The maximum absolute atomic E-state index is 12.1. The number of carbonyl (C=O) groups excluding carboxylic acids is 1. The third-order valence-corrected chi connectivity index (χ3v) is 3.85. The number of aliphatic hydroxyl groups is 1. The number of ether oxygens (including phenoxy) is 1. The maximum atomic E-state index is 12.1. The first kappa shape index (κ1) is 14.9. The van der Waals surface area contributed by atoms with Gasteiger partial charge in [0.05, 0.1) is 6.10 Å². The number of aliphatic hydroxyl groups excluding tert-OH is 1. The van der Waals surface area contributed by atoms with E-state index >= 15 is 0 Å². The predicted octanol–water partition coefficient (Wildman–Crippen LogP) is 2.81. The summed E-state index contributed by atoms with van der Waals surface area (Å²) < 4.78 is 5.36. The molecule has 1 N–H and O–H groups in total. The highest BCUT2D eigenvalue weighted by Crippen LogP contribution is 2.20. The van der Waals surface area contributed by atoms with Gasteiger partial charge >= 0.3 is 6.09 Å². The Morgan fingerprint density at radius 3 is 2.85 bits per heavy atom. The maximum Gasteiger partial charge on any atom is 0.410 e. The van der Waals surface area contributed by atoms with Crippen LogP contribution in [0.3, 0.4) is 0 Å². The van der Waals surface area contributed by atoms with Gasteiger partial charge in [-0.2, -0.15) is 0 Å². The Bertz CT molecular complexity index is 419. The van der Waals surface area contributed by atoms with E-state index in [-0.39, 0.29) is 18.1 Å². The van der Waals surface area contributed by atoms with Crippen LogP contribution >= 0.6 is 0 Å². The second-order valence-electron chi connectivity index (χ2n) is 5.48. The molecule has 0 spiro atoms. The Balaban J connectivity index is 1.87. The molecule has 2 atom stereocenters. The molecular formula is C16H23NO3. The van der Waals surface area contributed by atoms with E-state index in [1.54, 1.807) is 11.8 Å². The van der Waals surface area contributed by atoms with Crippen LogP contribution in [0.5, 0.6) is 0 Å². The lowest BCUT2D eigenvalue weighted by molar-refractivity contribution is 0.0711. The van der Waals surface area contributed by atoms with E-state index in [1.807, 2.05) is 30.3 Å². The van der Waals surface area contributed by atoms with Gasteiger partial charge in [0, 0.05) is 19.0 Å². The first-order valence-electron chi connectivity index (χ1n) is 7.30. The fourth-order valence-corrected chi connectivity index (χ4v) is 2.55. The molecule has 4 heteroatoms. The van der Waals surface area contributed by atoms with Crippen molar-refractivity contribution in [2.45, 2.75) is 38.9 Å². The van der Waals surface area contributed by atoms with E-state index in [0.29, 0.717) is 13.2 Å². The Labute approximate surface area is 120 Å². The number of amides is 1. The topological polar surface area (TPSA) is 49.8 Å². The minimum absolute atomic E-state index is 0.154. The van der Waals surface area contributed by atoms with E-state index in [1.165, 1.54) is 0 Å². The summed E-state index contributed by atoms with van der Waals surface area (Å²) in [6.07, 6.45) is 2.35. The number of likely N-dealkylation sites (tertiary alicyclic amines) is 1. The van der Waals surface area contributed by atoms with Crippen LogP contribution in [0, 0.1) is 5.92 Å². The van der Waals surface area contributed by atoms with Crippen molar-refractivity contribution in [3.63, 3.8) is 0 Å². The Kier molecular flexibility index (Phi) is 5.41. The monoisotopic (exact) mass is 277 g/mol. The number of carbonyl (C=O) groups is 1. The molecule has 0 bridgehead atoms. The minimum atomic E-state index is -0.377. The van der Waals surface area contributed by atoms with Gasteiger partial charge in [0.2, 0.25) is 0 Å². The summed E-state index contributed by atoms with van der Waals surface area (Å²) >= 11 is 0. The summed E-state index contributed by atoms with van der Waals surface area (Å²) in [5.41, 5.74) is 0.989. The average molecular weight is 277 g/mol. The van der Waals surface area contributed by atoms with Crippen LogP contribution in [0.1, 0.15) is 31.7 Å². The summed E-state index contributed by atoms with van der Waals surface area (Å²) in [5.74, 6) is 0.154. The summed E-state index contributed by atoms with van der Waals surface area (Å²) in [5, 5.41) is 9.73. The lowest BCUT2D eigenvalue weighted by Crippen LogP contribution is -2.37. The Morgan fingerprint density at radius 1 is 1.40 bits per heavy atom. The molecular weight excluding hydrogens is 254 g/mol. The molecule has 4 nitrogen and oxygen atoms in total. The highest BCUT2D eigenvalue weighted by molar-refractivity contribution is 5.67. The molecule has 1 amide bonds. The molecule has 20 heavy (non-hydrogen) atoms. The highest BCUT2D eigenvalue weighted by atomic mass is 16.6. The normalized spacial score (nSPS) is 21.1. The lowest BCUT2D eigenvalue weighted by atomic mass is 9.98. The Morgan fingerprint density at radius 2 is 2.15 bits per heavy atom. The number of hydrogen-bond acceptors (Lipinski definition) is 3. The molecule has 1 aromatic rings. The fourth-order valence-electron chi connectivity index (χ4n) is 2.55. The van der Waals surface area contributed by atoms with Gasteiger partial charge in [-0.25, -0.2) is 4.79 Å². The lowest BCUT2D eigenvalue weighted by Gasteiger charge is -2.25. The standard InChI is InChI=1S/C16H23NO3/c1-13(18)15-9-5-6-10-17(11-15)16(19)20-12-14-7-3-2-4-8-14/h2-4,7-8,13,15,18H,5-6,9-12H2,1H3. The first-order valence-corrected chi connectivity index (χ1v) is 7.30. The predicted molar refractivity (Wildman–Crippen MR) is 77.2 cm³/mol. The van der Waals surface area contributed by atoms with Crippen LogP contribution < -0.4 is 0 Å². The molecule has 0 aliphatic carbocycles. The van der Waals surface area contributed by atoms with Gasteiger partial charge in [-0.05, 0) is 25.3 Å². The molecule has 1 fully saturated rings. The SMILES string of the molecule is CC(O)C1CCCCN(C(=O)OCc2ccccc2)C1. The van der Waals surface area contributed by atoms with Crippen molar-refractivity contribution in [2.75, 3.05) is 13.1 Å². The van der Waals surface area contributed by atoms with Crippen LogP contribution in [-0.2, 0) is 11.3 Å². The van der Waals surface area contributed by atoms with Crippen LogP contribution in [-0.4, -0.2) is 35.3 Å². The van der Waals surface area contributed by atoms with Crippen LogP contribution in [0.4, 0.5) is 4.79 Å². The largest absolute Gasteiger partial charge is 0.445 e. The third-order valence-electron chi connectivity index (χ3n) is 3.85. The molecule has 2 unspecified atom stereocenters. The van der Waals surface area contributed by atoms with Gasteiger partial charge in [-0.15, -0.1) is 0 Å². The average Bonchev–Trinajstić information content (AvgIpc) is 2.72. The van der Waals surface area contributed by atoms with Crippen molar-refractivity contribution >= 4 is 6.09 Å². The van der Waals surface area contributed by atoms with E-state index in [9.17, 15) is 9.90 Å². The van der Waals surface area contributed by atoms with Crippen LogP contribution in [0.2, 0.25) is 0 Å². The number of hydrogen-bond donors (Lipinski definition) is 1. The van der Waals surface area contributed by atoms with Gasteiger partial charge < -0.3 is 14.7 Å². The molecule has 110 valence electrons. The molecule has 1 saturated heterocycles. The minimum Gasteiger partial charge on any atom is -0.445 e. The molecule has 1 aliphatic rings. The second kappa shape index (κ2) is 7.29. The van der Waals surface area contributed by atoms with Gasteiger partial charge in [0.25, 0.3) is 0 Å². The van der Waals surface area contributed by atoms with Crippen molar-refractivity contribution in [1.82, 2.24) is 4.90 Å². The summed E-state index contributed by atoms with van der Waals surface area (Å²) in [6, 6.07) is 9.67. The highest BCUT2D eigenvalue weighted by Gasteiger charge is 2.25. The molecule has 1 aromatic carbocycles. The van der Waals surface area contributed by atoms with Crippen LogP contribution in [0.15, 0.2) is 30.3 Å². The molecule has 0 saturated carbocycles. The van der Waals surface area contributed by atoms with E-state index in [2.05, 4.69) is 0 Å². The van der Waals surface area contributed by atoms with E-state index in [4.69, 9.17) is 4.74 Å². The zero-order valence-electron chi connectivity index (χ0n) is 12.0. The van der Waals surface area contributed by atoms with Crippen molar-refractivity contribution < 1.29 is 14.6 Å². The summed E-state index contributed by atoms with van der Waals surface area (Å²) in [7, 11) is 0. The number of benzene rings is 1. The van der Waals surface area contributed by atoms with E-state index < -0.39 is 0 Å². The van der Waals surface area contributed by atoms with Crippen molar-refractivity contribution in [1.29, 1.82) is 0 Å². The van der Waals surface area contributed by atoms with Crippen molar-refractivity contribution in [3.05, 3.63) is 35.9 Å². The summed E-state index contributed by atoms with van der Waals surface area (Å²) in [6.45, 7) is 3.40. The van der Waals surface area contributed by atoms with Gasteiger partial charge in [0.15, 0.2) is 0 Å². The first-order chi connectivity index (χ1) is 9.66. The molecule has 2 rings (SSSR count). The van der Waals surface area contributed by atoms with Crippen LogP contribution in [0.25, 0.3) is 0 Å². The van der Waals surface area contributed by atoms with Gasteiger partial charge in [-0.1, -0.05) is 36.8 Å². The molecule has 1 aliphatic heterocycles. The molecule has 1 heterocycles. The Hall–Kier alpha value is -1.55. The summed E-state index contributed by atoms with van der Waals surface area (Å²) in [4.78, 5) is 13.8. The fraction of sp³-hybridized carbons (Fsp3) is 0.562. The molecule has 0 radical (unpaired) electrons. The van der Waals surface area contributed by atoms with Crippen molar-refractivity contribution in [2.24, 2.45) is 5.92 Å². The second-order valence-corrected chi connectivity index (χ2v) is 5.48. The zero-order chi connectivity index (χ0) is 14.4. The number of rotatable bonds is 3. The van der Waals surface area contributed by atoms with Gasteiger partial charge in [0.1, 0.15) is 6.61 Å². The smallest absolute Gasteiger partial charge is 0.410 e. The van der Waals surface area contributed by atoms with Gasteiger partial charge in [-0.3, -0.25) is 0 Å². The third kappa shape index (κ3) is 4.23. The van der Waals surface area contributed by atoms with E-state index in [0.717, 1.165) is 31.4 Å². The van der Waals surface area contributed by atoms with Crippen molar-refractivity contribution in [3.8, 4) is 0 Å². The quantitative estimate of drug-likeness (QED) is 0.924.